The van der Waals surface area contributed by atoms with E-state index >= 15 is 0 Å². The number of non-ortho nitro benzene ring substituents is 1. The molecule has 16 heteroatoms. The number of rotatable bonds is 19. The number of anilines is 4. The lowest BCUT2D eigenvalue weighted by Gasteiger charge is -2.27. The second-order valence-electron chi connectivity index (χ2n) is 15.2. The third-order valence-corrected chi connectivity index (χ3v) is 10.0. The van der Waals surface area contributed by atoms with Gasteiger partial charge in [-0.2, -0.15) is 0 Å². The number of amides is 4. The Kier molecular flexibility index (Phi) is 24.8. The van der Waals surface area contributed by atoms with Crippen LogP contribution in [0.2, 0.25) is 0 Å². The number of carbonyl (C=O) groups excluding carboxylic acids is 5. The molecule has 16 nitrogen and oxygen atoms in total. The molecule has 4 amide bonds. The number of nitrogens with one attached hydrogen (secondary N) is 2. The van der Waals surface area contributed by atoms with Gasteiger partial charge >= 0.3 is 0 Å². The van der Waals surface area contributed by atoms with Gasteiger partial charge < -0.3 is 44.5 Å². The van der Waals surface area contributed by atoms with Crippen LogP contribution in [-0.4, -0.2) is 104 Å². The fourth-order valence-corrected chi connectivity index (χ4v) is 6.37. The number of carbonyl (C=O) groups is 5. The molecule has 350 valence electrons. The third-order valence-electron chi connectivity index (χ3n) is 10.0. The van der Waals surface area contributed by atoms with E-state index in [-0.39, 0.29) is 37.1 Å². The number of allylic oxidation sites excluding steroid dienone is 8. The lowest BCUT2D eigenvalue weighted by Crippen LogP contribution is -2.42. The molecule has 3 aromatic rings. The second-order valence-corrected chi connectivity index (χ2v) is 15.2. The number of methoxy groups -OCH3 is 2. The van der Waals surface area contributed by atoms with Gasteiger partial charge in [0.2, 0.25) is 24.6 Å². The minimum Gasteiger partial charge on any atom is -0.497 e. The molecule has 0 bridgehead atoms. The summed E-state index contributed by atoms with van der Waals surface area (Å²) in [7, 11) is 10.6. The predicted molar refractivity (Wildman–Crippen MR) is 259 cm³/mol. The van der Waals surface area contributed by atoms with Gasteiger partial charge in [-0.15, -0.1) is 0 Å². The lowest BCUT2D eigenvalue weighted by atomic mass is 9.94. The first kappa shape index (κ1) is 53.9. The number of ether oxygens (including phenoxy) is 2. The monoisotopic (exact) mass is 895 g/mol. The molecule has 0 fully saturated rings. The Morgan fingerprint density at radius 1 is 0.831 bits per heavy atom. The number of hydrogen-bond acceptors (Lipinski definition) is 11. The van der Waals surface area contributed by atoms with E-state index in [1.54, 1.807) is 33.9 Å². The summed E-state index contributed by atoms with van der Waals surface area (Å²) in [5.74, 6) is 1.13. The Hall–Kier alpha value is -7.23. The van der Waals surface area contributed by atoms with E-state index in [1.807, 2.05) is 81.7 Å². The molecule has 2 N–H and O–H groups in total. The number of nitro groups is 1. The SMILES string of the molecule is CC(CC1C=CC=CC1)NC(=O)CN(C=O)c1cc([N+](=O)[O-])ccc1N(C)CC(=O)NCC=O.CCC1=CC=CCC1.COc1ccc(N(C)C)cc1.COc1ccc(N(C)C=O)cc1. The van der Waals surface area contributed by atoms with Gasteiger partial charge in [-0.3, -0.25) is 29.3 Å². The first-order valence-electron chi connectivity index (χ1n) is 21.2. The van der Waals surface area contributed by atoms with Crippen molar-refractivity contribution < 1.29 is 38.4 Å². The van der Waals surface area contributed by atoms with Gasteiger partial charge in [0, 0.05) is 57.7 Å². The average molecular weight is 896 g/mol. The van der Waals surface area contributed by atoms with Crippen LogP contribution in [0.4, 0.5) is 28.4 Å². The van der Waals surface area contributed by atoms with E-state index in [9.17, 15) is 34.1 Å². The van der Waals surface area contributed by atoms with E-state index in [4.69, 9.17) is 9.47 Å². The van der Waals surface area contributed by atoms with E-state index in [0.29, 0.717) is 24.3 Å². The minimum atomic E-state index is -0.610. The van der Waals surface area contributed by atoms with E-state index in [2.05, 4.69) is 52.8 Å². The van der Waals surface area contributed by atoms with Crippen LogP contribution in [0.5, 0.6) is 11.5 Å². The quantitative estimate of drug-likeness (QED) is 0.0714. The average Bonchev–Trinajstić information content (AvgIpc) is 3.33. The molecule has 0 aromatic heterocycles. The summed E-state index contributed by atoms with van der Waals surface area (Å²) in [5.41, 5.74) is 3.80. The zero-order valence-corrected chi connectivity index (χ0v) is 38.8. The second kappa shape index (κ2) is 30.0. The molecule has 2 unspecified atom stereocenters. The summed E-state index contributed by atoms with van der Waals surface area (Å²) in [6, 6.07) is 18.9. The molecule has 2 aliphatic carbocycles. The normalized spacial score (nSPS) is 13.5. The minimum absolute atomic E-state index is 0.109. The van der Waals surface area contributed by atoms with Gasteiger partial charge in [0.1, 0.15) is 24.3 Å². The Balaban J connectivity index is 0.000000374. The molecule has 5 rings (SSSR count). The standard InChI is InChI=1S/C23H29N5O6.C9H11NO2.C9H13NO.C8H12/c1-17(12-18-6-4-3-5-7-18)25-23(32)15-27(16-30)21-13-19(28(33)34)8-9-20(21)26(2)14-22(31)24-10-11-29;1-10(7-11)8-3-5-9(12-2)6-4-8;1-10(2)8-4-6-9(11-3)7-5-8;1-2-8-6-4-3-5-7-8/h3-6,8-9,11,13,16-18H,7,10,12,14-15H2,1-2H3,(H,24,31)(H,25,32);3-7H,1-2H3;4-7H,1-3H3;3-4,6H,2,5,7H2,1H3. The number of aldehydes is 1. The summed E-state index contributed by atoms with van der Waals surface area (Å²) in [6.45, 7) is 3.42. The van der Waals surface area contributed by atoms with Crippen LogP contribution in [0, 0.1) is 16.0 Å². The van der Waals surface area contributed by atoms with Gasteiger partial charge in [0.25, 0.3) is 5.69 Å². The van der Waals surface area contributed by atoms with Gasteiger partial charge in [-0.1, -0.05) is 55.0 Å². The Bertz CT molecular complexity index is 2080. The van der Waals surface area contributed by atoms with Crippen molar-refractivity contribution in [1.29, 1.82) is 0 Å². The van der Waals surface area contributed by atoms with Gasteiger partial charge in [0.15, 0.2) is 0 Å². The summed E-state index contributed by atoms with van der Waals surface area (Å²) in [4.78, 5) is 74.1. The Morgan fingerprint density at radius 2 is 1.48 bits per heavy atom. The van der Waals surface area contributed by atoms with Gasteiger partial charge in [-0.05, 0) is 99.5 Å². The van der Waals surface area contributed by atoms with Crippen molar-refractivity contribution in [2.45, 2.75) is 52.0 Å². The van der Waals surface area contributed by atoms with Crippen LogP contribution in [0.1, 0.15) is 46.0 Å². The largest absolute Gasteiger partial charge is 0.497 e. The first-order valence-corrected chi connectivity index (χ1v) is 21.2. The molecular formula is C49H65N7O9. The molecule has 0 radical (unpaired) electrons. The molecule has 65 heavy (non-hydrogen) atoms. The van der Waals surface area contributed by atoms with E-state index in [0.717, 1.165) is 41.3 Å². The molecule has 3 aromatic carbocycles. The number of nitro benzene ring substituents is 1. The number of nitrogens with zero attached hydrogens (tertiary/aromatic N) is 5. The zero-order chi connectivity index (χ0) is 48.1. The van der Waals surface area contributed by atoms with Crippen LogP contribution >= 0.6 is 0 Å². The van der Waals surface area contributed by atoms with E-state index < -0.39 is 16.7 Å². The van der Waals surface area contributed by atoms with Crippen molar-refractivity contribution in [3.63, 3.8) is 0 Å². The highest BCUT2D eigenvalue weighted by Crippen LogP contribution is 2.32. The van der Waals surface area contributed by atoms with Gasteiger partial charge in [0.05, 0.1) is 43.6 Å². The fraction of sp³-hybridized carbons (Fsp3) is 0.367. The molecule has 0 saturated heterocycles. The van der Waals surface area contributed by atoms with Crippen molar-refractivity contribution in [2.75, 3.05) is 81.6 Å². The maximum Gasteiger partial charge on any atom is 0.271 e. The molecule has 0 saturated carbocycles. The number of benzene rings is 3. The fourth-order valence-electron chi connectivity index (χ4n) is 6.37. The third kappa shape index (κ3) is 20.2. The van der Waals surface area contributed by atoms with Crippen LogP contribution in [-0.2, 0) is 24.0 Å². The van der Waals surface area contributed by atoms with E-state index in [1.165, 1.54) is 52.9 Å². The molecule has 0 spiro atoms. The van der Waals surface area contributed by atoms with Gasteiger partial charge in [-0.25, -0.2) is 0 Å². The molecule has 2 atom stereocenters. The van der Waals surface area contributed by atoms with Crippen LogP contribution < -0.4 is 39.7 Å². The predicted octanol–water partition coefficient (Wildman–Crippen LogP) is 7.06. The van der Waals surface area contributed by atoms with Crippen LogP contribution in [0.15, 0.2) is 115 Å². The highest BCUT2D eigenvalue weighted by Gasteiger charge is 2.22. The van der Waals surface area contributed by atoms with Crippen LogP contribution in [0.25, 0.3) is 0 Å². The molecular weight excluding hydrogens is 831 g/mol. The number of hydrogen-bond donors (Lipinski definition) is 2. The first-order chi connectivity index (χ1) is 31.2. The van der Waals surface area contributed by atoms with Crippen molar-refractivity contribution in [3.05, 3.63) is 125 Å². The Labute approximate surface area is 383 Å². The molecule has 2 aliphatic rings. The summed E-state index contributed by atoms with van der Waals surface area (Å²) < 4.78 is 10.0. The van der Waals surface area contributed by atoms with Crippen LogP contribution in [0.3, 0.4) is 0 Å². The lowest BCUT2D eigenvalue weighted by molar-refractivity contribution is -0.384. The summed E-state index contributed by atoms with van der Waals surface area (Å²) in [5, 5.41) is 16.6. The Morgan fingerprint density at radius 3 is 1.95 bits per heavy atom. The van der Waals surface area contributed by atoms with Crippen molar-refractivity contribution >= 4 is 59.4 Å². The smallest absolute Gasteiger partial charge is 0.271 e. The molecule has 0 aliphatic heterocycles. The van der Waals surface area contributed by atoms with Crippen molar-refractivity contribution in [3.8, 4) is 11.5 Å². The highest BCUT2D eigenvalue weighted by molar-refractivity contribution is 5.94. The summed E-state index contributed by atoms with van der Waals surface area (Å²) >= 11 is 0. The summed E-state index contributed by atoms with van der Waals surface area (Å²) in [6.07, 6.45) is 21.8. The topological polar surface area (TPSA) is 184 Å². The maximum absolute atomic E-state index is 12.6. The van der Waals surface area contributed by atoms with Crippen molar-refractivity contribution in [1.82, 2.24) is 10.6 Å². The molecule has 0 heterocycles. The highest BCUT2D eigenvalue weighted by atomic mass is 16.6. The maximum atomic E-state index is 12.6. The zero-order valence-electron chi connectivity index (χ0n) is 38.8. The van der Waals surface area contributed by atoms with Crippen molar-refractivity contribution in [2.24, 2.45) is 5.92 Å². The number of likely N-dealkylation sites (N-methyl/N-ethyl adjacent to an activating group) is 1.